The Balaban J connectivity index is 1.24. The number of carbonyl (C=O) groups excluding carboxylic acids is 1. The molecule has 2 N–H and O–H groups in total. The molecule has 10 heteroatoms. The average molecular weight is 497 g/mol. The zero-order valence-corrected chi connectivity index (χ0v) is 19.7. The zero-order valence-electron chi connectivity index (χ0n) is 19.7. The Bertz CT molecular complexity index is 1350. The van der Waals surface area contributed by atoms with Crippen molar-refractivity contribution >= 4 is 22.9 Å². The molecule has 3 heterocycles. The lowest BCUT2D eigenvalue weighted by Crippen LogP contribution is -2.42. The van der Waals surface area contributed by atoms with E-state index in [0.717, 1.165) is 41.7 Å². The number of halogens is 3. The molecule has 0 saturated heterocycles. The summed E-state index contributed by atoms with van der Waals surface area (Å²) in [6.07, 6.45) is 10.6. The Morgan fingerprint density at radius 1 is 1.19 bits per heavy atom. The molecule has 3 aromatic heterocycles. The fraction of sp³-hybridized carbons (Fsp3) is 0.462. The normalized spacial score (nSPS) is 20.1. The van der Waals surface area contributed by atoms with Crippen LogP contribution in [-0.2, 0) is 6.42 Å². The van der Waals surface area contributed by atoms with E-state index in [-0.39, 0.29) is 37.8 Å². The number of nitrogens with zero attached hydrogens (tertiary/aromatic N) is 4. The van der Waals surface area contributed by atoms with Crippen molar-refractivity contribution < 1.29 is 18.0 Å². The number of allylic oxidation sites excluding steroid dienone is 1. The fourth-order valence-corrected chi connectivity index (χ4v) is 4.95. The van der Waals surface area contributed by atoms with Crippen LogP contribution in [0.1, 0.15) is 65.7 Å². The topological polar surface area (TPSA) is 84.2 Å². The van der Waals surface area contributed by atoms with E-state index in [4.69, 9.17) is 0 Å². The van der Waals surface area contributed by atoms with Crippen molar-refractivity contribution in [2.45, 2.75) is 56.5 Å². The largest absolute Gasteiger partial charge is 0.352 e. The maximum atomic E-state index is 14.0. The van der Waals surface area contributed by atoms with E-state index >= 15 is 0 Å². The van der Waals surface area contributed by atoms with E-state index in [1.54, 1.807) is 16.9 Å². The number of hydrogen-bond donors (Lipinski definition) is 2. The molecule has 1 amide bonds. The minimum Gasteiger partial charge on any atom is -0.352 e. The third kappa shape index (κ3) is 4.56. The third-order valence-electron chi connectivity index (χ3n) is 7.28. The van der Waals surface area contributed by atoms with Crippen LogP contribution in [0, 0.1) is 5.92 Å². The van der Waals surface area contributed by atoms with E-state index in [2.05, 4.69) is 31.8 Å². The van der Waals surface area contributed by atoms with Gasteiger partial charge < -0.3 is 10.6 Å². The van der Waals surface area contributed by atoms with Gasteiger partial charge in [0.05, 0.1) is 29.5 Å². The van der Waals surface area contributed by atoms with Gasteiger partial charge in [-0.15, -0.1) is 0 Å². The second-order valence-corrected chi connectivity index (χ2v) is 10.2. The van der Waals surface area contributed by atoms with E-state index in [9.17, 15) is 18.0 Å². The van der Waals surface area contributed by atoms with Crippen molar-refractivity contribution in [1.29, 1.82) is 0 Å². The predicted octanol–water partition coefficient (Wildman–Crippen LogP) is 4.58. The first-order valence-corrected chi connectivity index (χ1v) is 12.4. The Labute approximate surface area is 206 Å². The zero-order chi connectivity index (χ0) is 24.9. The molecule has 7 nitrogen and oxygen atoms in total. The number of nitrogens with one attached hydrogen (secondary N) is 2. The highest BCUT2D eigenvalue weighted by Crippen LogP contribution is 2.42. The molecule has 0 radical (unpaired) electrons. The average Bonchev–Trinajstić information content (AvgIpc) is 3.50. The van der Waals surface area contributed by atoms with Crippen molar-refractivity contribution in [2.24, 2.45) is 5.92 Å². The monoisotopic (exact) mass is 496 g/mol. The molecule has 2 saturated carbocycles. The van der Waals surface area contributed by atoms with Crippen LogP contribution >= 0.6 is 0 Å². The van der Waals surface area contributed by atoms with Crippen LogP contribution in [-0.4, -0.2) is 50.2 Å². The number of aromatic nitrogens is 4. The van der Waals surface area contributed by atoms with E-state index in [1.807, 2.05) is 12.1 Å². The summed E-state index contributed by atoms with van der Waals surface area (Å²) in [4.78, 5) is 21.9. The van der Waals surface area contributed by atoms with Gasteiger partial charge in [0.2, 0.25) is 11.9 Å². The maximum absolute atomic E-state index is 14.0. The first kappa shape index (κ1) is 23.0. The number of pyridine rings is 1. The highest BCUT2D eigenvalue weighted by Gasteiger charge is 2.45. The minimum absolute atomic E-state index is 0.187. The fourth-order valence-electron chi connectivity index (χ4n) is 4.95. The SMILES string of the molecule is O=C(NCC1CC(F)(F)C1)c1cnn2ccc(C3=CCCCc4nc(NCC5(F)CC5)ncc43)cc12. The van der Waals surface area contributed by atoms with Gasteiger partial charge in [0.15, 0.2) is 0 Å². The van der Waals surface area contributed by atoms with Gasteiger partial charge >= 0.3 is 0 Å². The molecule has 6 rings (SSSR count). The molecule has 0 atom stereocenters. The molecule has 0 spiro atoms. The molecule has 3 aromatic rings. The molecule has 188 valence electrons. The molecule has 0 aromatic carbocycles. The van der Waals surface area contributed by atoms with Gasteiger partial charge in [-0.1, -0.05) is 6.08 Å². The molecule has 2 fully saturated rings. The van der Waals surface area contributed by atoms with Crippen molar-refractivity contribution in [1.82, 2.24) is 24.9 Å². The lowest BCUT2D eigenvalue weighted by atomic mass is 9.81. The van der Waals surface area contributed by atoms with Crippen molar-refractivity contribution in [3.05, 3.63) is 59.2 Å². The van der Waals surface area contributed by atoms with Crippen LogP contribution in [0.5, 0.6) is 0 Å². The van der Waals surface area contributed by atoms with Crippen LogP contribution in [0.15, 0.2) is 36.8 Å². The number of amides is 1. The van der Waals surface area contributed by atoms with Gasteiger partial charge in [0.25, 0.3) is 5.91 Å². The number of alkyl halides is 3. The van der Waals surface area contributed by atoms with Gasteiger partial charge in [-0.25, -0.2) is 27.7 Å². The van der Waals surface area contributed by atoms with Gasteiger partial charge in [0.1, 0.15) is 5.67 Å². The highest BCUT2D eigenvalue weighted by atomic mass is 19.3. The lowest BCUT2D eigenvalue weighted by molar-refractivity contribution is -0.108. The van der Waals surface area contributed by atoms with Gasteiger partial charge in [-0.2, -0.15) is 5.10 Å². The van der Waals surface area contributed by atoms with Gasteiger partial charge in [-0.3, -0.25) is 4.79 Å². The molecule has 0 aliphatic heterocycles. The Morgan fingerprint density at radius 3 is 2.81 bits per heavy atom. The summed E-state index contributed by atoms with van der Waals surface area (Å²) < 4.78 is 41.8. The van der Waals surface area contributed by atoms with E-state index in [0.29, 0.717) is 29.9 Å². The third-order valence-corrected chi connectivity index (χ3v) is 7.28. The van der Waals surface area contributed by atoms with Crippen LogP contribution in [0.2, 0.25) is 0 Å². The van der Waals surface area contributed by atoms with Gasteiger partial charge in [0, 0.05) is 37.3 Å². The van der Waals surface area contributed by atoms with Crippen molar-refractivity contribution in [3.8, 4) is 0 Å². The number of rotatable bonds is 7. The summed E-state index contributed by atoms with van der Waals surface area (Å²) in [6, 6.07) is 3.84. The summed E-state index contributed by atoms with van der Waals surface area (Å²) in [5, 5.41) is 10.1. The quantitative estimate of drug-likeness (QED) is 0.500. The van der Waals surface area contributed by atoms with Gasteiger partial charge in [-0.05, 0) is 61.3 Å². The Morgan fingerprint density at radius 2 is 2.03 bits per heavy atom. The van der Waals surface area contributed by atoms with Crippen molar-refractivity contribution in [3.63, 3.8) is 0 Å². The molecule has 0 unspecified atom stereocenters. The van der Waals surface area contributed by atoms with E-state index < -0.39 is 11.6 Å². The molecular weight excluding hydrogens is 469 g/mol. The summed E-state index contributed by atoms with van der Waals surface area (Å²) in [5.41, 5.74) is 3.60. The van der Waals surface area contributed by atoms with Crippen LogP contribution in [0.3, 0.4) is 0 Å². The number of anilines is 1. The molecule has 3 aliphatic carbocycles. The Hall–Kier alpha value is -3.43. The second kappa shape index (κ2) is 8.60. The number of carbonyl (C=O) groups is 1. The molecule has 0 bridgehead atoms. The Kier molecular flexibility index (Phi) is 5.49. The number of fused-ring (bicyclic) bond motifs is 2. The first-order valence-electron chi connectivity index (χ1n) is 12.4. The summed E-state index contributed by atoms with van der Waals surface area (Å²) in [7, 11) is 0. The minimum atomic E-state index is -2.61. The van der Waals surface area contributed by atoms with E-state index in [1.165, 1.54) is 6.20 Å². The second-order valence-electron chi connectivity index (χ2n) is 10.2. The number of hydrogen-bond acceptors (Lipinski definition) is 5. The molecular formula is C26H27F3N6O. The predicted molar refractivity (Wildman–Crippen MR) is 129 cm³/mol. The maximum Gasteiger partial charge on any atom is 0.255 e. The highest BCUT2D eigenvalue weighted by molar-refractivity contribution is 6.01. The smallest absolute Gasteiger partial charge is 0.255 e. The summed E-state index contributed by atoms with van der Waals surface area (Å²) in [5.74, 6) is -2.70. The summed E-state index contributed by atoms with van der Waals surface area (Å²) >= 11 is 0. The summed E-state index contributed by atoms with van der Waals surface area (Å²) in [6.45, 7) is 0.446. The molecule has 36 heavy (non-hydrogen) atoms. The molecule has 3 aliphatic rings. The van der Waals surface area contributed by atoms with Crippen LogP contribution in [0.25, 0.3) is 11.1 Å². The number of aryl methyl sites for hydroxylation is 1. The first-order chi connectivity index (χ1) is 17.3. The standard InChI is InChI=1S/C26H27F3N6O/c27-25(6-7-25)15-32-24-31-13-19-18(3-1-2-4-21(19)34-24)17-5-8-35-22(9-17)20(14-33-35)23(36)30-12-16-10-26(28,29)11-16/h3,5,8-9,13-14,16H,1-2,4,6-7,10-12,15H2,(H,30,36)(H,31,32,34). The van der Waals surface area contributed by atoms with Crippen LogP contribution in [0.4, 0.5) is 19.1 Å². The van der Waals surface area contributed by atoms with Crippen molar-refractivity contribution in [2.75, 3.05) is 18.4 Å². The van der Waals surface area contributed by atoms with Crippen LogP contribution < -0.4 is 10.6 Å². The lowest BCUT2D eigenvalue weighted by Gasteiger charge is -2.34.